The van der Waals surface area contributed by atoms with Crippen molar-refractivity contribution in [3.63, 3.8) is 0 Å². The third-order valence-corrected chi connectivity index (χ3v) is 7.53. The van der Waals surface area contributed by atoms with Crippen LogP contribution in [-0.2, 0) is 11.3 Å². The highest BCUT2D eigenvalue weighted by molar-refractivity contribution is 6.01. The van der Waals surface area contributed by atoms with Gasteiger partial charge in [-0.2, -0.15) is 0 Å². The van der Waals surface area contributed by atoms with Crippen LogP contribution < -0.4 is 10.6 Å². The fourth-order valence-corrected chi connectivity index (χ4v) is 5.75. The minimum atomic E-state index is -0.0654. The molecule has 3 N–H and O–H groups in total. The number of nitrogens with one attached hydrogen (secondary N) is 2. The van der Waals surface area contributed by atoms with Crippen LogP contribution in [0.3, 0.4) is 0 Å². The lowest BCUT2D eigenvalue weighted by Gasteiger charge is -2.24. The van der Waals surface area contributed by atoms with E-state index in [4.69, 9.17) is 0 Å². The number of hydrogen-bond acceptors (Lipinski definition) is 3. The summed E-state index contributed by atoms with van der Waals surface area (Å²) >= 11 is 0. The number of fused-ring (bicyclic) bond motifs is 1. The van der Waals surface area contributed by atoms with E-state index in [1.807, 2.05) is 38.1 Å². The van der Waals surface area contributed by atoms with E-state index in [1.54, 1.807) is 12.1 Å². The summed E-state index contributed by atoms with van der Waals surface area (Å²) in [6.07, 6.45) is 9.85. The maximum absolute atomic E-state index is 13.1. The van der Waals surface area contributed by atoms with Gasteiger partial charge >= 0.3 is 0 Å². The maximum Gasteiger partial charge on any atom is 0.251 e. The molecule has 37 heavy (non-hydrogen) atoms. The Morgan fingerprint density at radius 2 is 1.41 bits per heavy atom. The van der Waals surface area contributed by atoms with Gasteiger partial charge in [0.1, 0.15) is 12.3 Å². The zero-order chi connectivity index (χ0) is 26.2. The van der Waals surface area contributed by atoms with Crippen LogP contribution in [0.4, 0.5) is 0 Å². The van der Waals surface area contributed by atoms with Crippen LogP contribution >= 0.6 is 0 Å². The molecule has 0 spiro atoms. The SMILES string of the molecule is CC.O=C1Cn2c(-c3ccc(O)cc3)c(C3CCCCC3)c3ccc(cc32)C(=O)NCCCCCCN1. The van der Waals surface area contributed by atoms with Crippen LogP contribution in [0.2, 0.25) is 0 Å². The lowest BCUT2D eigenvalue weighted by molar-refractivity contribution is -0.121. The highest BCUT2D eigenvalue weighted by Gasteiger charge is 2.27. The topological polar surface area (TPSA) is 83.4 Å². The Morgan fingerprint density at radius 3 is 2.11 bits per heavy atom. The summed E-state index contributed by atoms with van der Waals surface area (Å²) in [6, 6.07) is 13.2. The summed E-state index contributed by atoms with van der Waals surface area (Å²) in [5, 5.41) is 17.2. The number of aromatic nitrogens is 1. The van der Waals surface area contributed by atoms with Gasteiger partial charge in [-0.25, -0.2) is 0 Å². The van der Waals surface area contributed by atoms with Gasteiger partial charge in [-0.05, 0) is 79.1 Å². The fourth-order valence-electron chi connectivity index (χ4n) is 5.75. The Bertz CT molecular complexity index is 1210. The number of phenols is 1. The number of amides is 2. The summed E-state index contributed by atoms with van der Waals surface area (Å²) < 4.78 is 2.09. The van der Waals surface area contributed by atoms with E-state index in [1.165, 1.54) is 24.8 Å². The molecule has 0 atom stereocenters. The van der Waals surface area contributed by atoms with Crippen molar-refractivity contribution in [2.75, 3.05) is 13.1 Å². The van der Waals surface area contributed by atoms with Crippen molar-refractivity contribution in [2.45, 2.75) is 84.1 Å². The number of aromatic hydroxyl groups is 1. The van der Waals surface area contributed by atoms with E-state index in [-0.39, 0.29) is 24.1 Å². The first-order chi connectivity index (χ1) is 18.1. The molecule has 5 rings (SSSR count). The number of benzene rings is 2. The Labute approximate surface area is 220 Å². The van der Waals surface area contributed by atoms with E-state index in [9.17, 15) is 14.7 Å². The van der Waals surface area contributed by atoms with E-state index < -0.39 is 0 Å². The molecule has 1 fully saturated rings. The number of nitrogens with zero attached hydrogens (tertiary/aromatic N) is 1. The second kappa shape index (κ2) is 12.8. The molecule has 2 aliphatic rings. The molecule has 6 heteroatoms. The minimum Gasteiger partial charge on any atom is -0.508 e. The number of carbonyl (C=O) groups excluding carboxylic acids is 2. The molecule has 198 valence electrons. The molecular weight excluding hydrogens is 462 g/mol. The van der Waals surface area contributed by atoms with Crippen molar-refractivity contribution in [1.29, 1.82) is 0 Å². The lowest BCUT2D eigenvalue weighted by Crippen LogP contribution is -2.28. The van der Waals surface area contributed by atoms with Gasteiger partial charge in [0, 0.05) is 24.0 Å². The Hall–Kier alpha value is -3.28. The largest absolute Gasteiger partial charge is 0.508 e. The molecule has 0 radical (unpaired) electrons. The van der Waals surface area contributed by atoms with E-state index in [2.05, 4.69) is 21.3 Å². The predicted octanol–water partition coefficient (Wildman–Crippen LogP) is 6.51. The van der Waals surface area contributed by atoms with E-state index in [0.29, 0.717) is 24.6 Å². The highest BCUT2D eigenvalue weighted by Crippen LogP contribution is 2.44. The first kappa shape index (κ1) is 26.8. The summed E-state index contributed by atoms with van der Waals surface area (Å²) in [4.78, 5) is 26.0. The lowest BCUT2D eigenvalue weighted by atomic mass is 9.81. The first-order valence-corrected chi connectivity index (χ1v) is 14.1. The van der Waals surface area contributed by atoms with Crippen LogP contribution in [0, 0.1) is 0 Å². The van der Waals surface area contributed by atoms with Crippen LogP contribution in [-0.4, -0.2) is 34.6 Å². The van der Waals surface area contributed by atoms with Crippen LogP contribution in [0.25, 0.3) is 22.2 Å². The monoisotopic (exact) mass is 503 g/mol. The summed E-state index contributed by atoms with van der Waals surface area (Å²) in [5.41, 5.74) is 4.83. The second-order valence-electron chi connectivity index (χ2n) is 9.98. The van der Waals surface area contributed by atoms with Crippen molar-refractivity contribution in [3.05, 3.63) is 53.6 Å². The Kier molecular flexibility index (Phi) is 9.26. The van der Waals surface area contributed by atoms with Crippen LogP contribution in [0.5, 0.6) is 5.75 Å². The van der Waals surface area contributed by atoms with Gasteiger partial charge in [0.2, 0.25) is 5.91 Å². The molecule has 1 aromatic heterocycles. The minimum absolute atomic E-state index is 0.0122. The van der Waals surface area contributed by atoms with Gasteiger partial charge in [0.05, 0.1) is 11.2 Å². The molecule has 6 nitrogen and oxygen atoms in total. The molecule has 0 saturated heterocycles. The van der Waals surface area contributed by atoms with Crippen molar-refractivity contribution in [3.8, 4) is 17.0 Å². The van der Waals surface area contributed by atoms with Gasteiger partial charge in [0.15, 0.2) is 0 Å². The molecule has 1 saturated carbocycles. The summed E-state index contributed by atoms with van der Waals surface area (Å²) in [6.45, 7) is 5.53. The number of hydrogen-bond donors (Lipinski definition) is 3. The highest BCUT2D eigenvalue weighted by atomic mass is 16.3. The second-order valence-corrected chi connectivity index (χ2v) is 9.98. The van der Waals surface area contributed by atoms with Gasteiger partial charge in [-0.15, -0.1) is 0 Å². The van der Waals surface area contributed by atoms with Crippen molar-refractivity contribution in [2.24, 2.45) is 0 Å². The molecule has 2 bridgehead atoms. The van der Waals surface area contributed by atoms with Gasteiger partial charge in [0.25, 0.3) is 5.91 Å². The summed E-state index contributed by atoms with van der Waals surface area (Å²) in [5.74, 6) is 0.550. The first-order valence-electron chi connectivity index (χ1n) is 14.1. The third-order valence-electron chi connectivity index (χ3n) is 7.53. The molecule has 0 unspecified atom stereocenters. The standard InChI is InChI=1S/C29H35N3O3.C2H6/c33-23-13-10-21(11-14-23)28-27(20-8-4-3-5-9-20)24-15-12-22-18-25(24)32(28)19-26(34)30-16-6-1-2-7-17-31-29(22)35;1-2/h10-15,18,20,33H,1-9,16-17,19H2,(H,30,34)(H,31,35);1-2H3. The molecule has 1 aliphatic carbocycles. The average molecular weight is 504 g/mol. The quantitative estimate of drug-likeness (QED) is 0.373. The molecule has 2 aromatic carbocycles. The molecule has 2 amide bonds. The van der Waals surface area contributed by atoms with Crippen molar-refractivity contribution >= 4 is 22.7 Å². The Morgan fingerprint density at radius 1 is 0.784 bits per heavy atom. The number of carbonyl (C=O) groups is 2. The van der Waals surface area contributed by atoms with Gasteiger partial charge in [-0.1, -0.05) is 52.0 Å². The molecule has 2 heterocycles. The van der Waals surface area contributed by atoms with Crippen molar-refractivity contribution < 1.29 is 14.7 Å². The predicted molar refractivity (Wildman–Crippen MR) is 150 cm³/mol. The smallest absolute Gasteiger partial charge is 0.251 e. The number of phenolic OH excluding ortho intramolecular Hbond substituents is 1. The van der Waals surface area contributed by atoms with Crippen LogP contribution in [0.15, 0.2) is 42.5 Å². The van der Waals surface area contributed by atoms with E-state index in [0.717, 1.165) is 60.7 Å². The number of rotatable bonds is 2. The average Bonchev–Trinajstić information content (AvgIpc) is 3.24. The Balaban J connectivity index is 0.00000156. The zero-order valence-corrected chi connectivity index (χ0v) is 22.3. The molecule has 3 aromatic rings. The summed E-state index contributed by atoms with van der Waals surface area (Å²) in [7, 11) is 0. The van der Waals surface area contributed by atoms with E-state index >= 15 is 0 Å². The normalized spacial score (nSPS) is 17.8. The van der Waals surface area contributed by atoms with Gasteiger partial charge < -0.3 is 20.3 Å². The molecular formula is C31H41N3O3. The van der Waals surface area contributed by atoms with Gasteiger partial charge in [-0.3, -0.25) is 9.59 Å². The zero-order valence-electron chi connectivity index (χ0n) is 22.3. The molecule has 1 aliphatic heterocycles. The maximum atomic E-state index is 13.1. The third kappa shape index (κ3) is 6.17. The van der Waals surface area contributed by atoms with Crippen LogP contribution in [0.1, 0.15) is 93.5 Å². The van der Waals surface area contributed by atoms with Crippen molar-refractivity contribution in [1.82, 2.24) is 15.2 Å². The fraction of sp³-hybridized carbons (Fsp3) is 0.484.